The largest absolute Gasteiger partial charge is 0.472 e. The Kier molecular flexibility index (Phi) is 51.5. The summed E-state index contributed by atoms with van der Waals surface area (Å²) < 4.78 is 67.7. The van der Waals surface area contributed by atoms with Gasteiger partial charge in [0.05, 0.1) is 26.4 Å². The van der Waals surface area contributed by atoms with Crippen LogP contribution in [-0.2, 0) is 65.4 Å². The lowest BCUT2D eigenvalue weighted by Crippen LogP contribution is -2.30. The van der Waals surface area contributed by atoms with Crippen LogP contribution in [0.2, 0.25) is 0 Å². The van der Waals surface area contributed by atoms with Crippen molar-refractivity contribution in [3.63, 3.8) is 0 Å². The van der Waals surface area contributed by atoms with Crippen molar-refractivity contribution in [3.8, 4) is 0 Å². The summed E-state index contributed by atoms with van der Waals surface area (Å²) >= 11 is 0. The minimum atomic E-state index is -4.94. The molecule has 0 fully saturated rings. The molecule has 3 N–H and O–H groups in total. The SMILES string of the molecule is CCCCCCCCCCCC(=O)O[C@H](COC(=O)CCCCCCCCC)COP(=O)(O)OC[C@H](O)COP(=O)(O)OC[C@@H](COC(=O)CCCCCCCCCC(C)C)OC(=O)CCCCCCCCCCCCC(C)C. The van der Waals surface area contributed by atoms with Crippen molar-refractivity contribution in [3.05, 3.63) is 0 Å². The van der Waals surface area contributed by atoms with Crippen molar-refractivity contribution < 1.29 is 80.2 Å². The number of aliphatic hydroxyl groups excluding tert-OH is 1. The van der Waals surface area contributed by atoms with Crippen molar-refractivity contribution >= 4 is 39.5 Å². The molecule has 79 heavy (non-hydrogen) atoms. The Balaban J connectivity index is 5.21. The zero-order chi connectivity index (χ0) is 58.7. The Morgan fingerprint density at radius 3 is 0.861 bits per heavy atom. The molecule has 0 radical (unpaired) electrons. The van der Waals surface area contributed by atoms with Crippen LogP contribution in [0.15, 0.2) is 0 Å². The smallest absolute Gasteiger partial charge is 0.462 e. The Hall–Kier alpha value is -1.94. The molecule has 2 unspecified atom stereocenters. The number of unbranched alkanes of at least 4 members (excludes halogenated alkanes) is 29. The van der Waals surface area contributed by atoms with Crippen LogP contribution in [-0.4, -0.2) is 96.7 Å². The second-order valence-electron chi connectivity index (χ2n) is 22.7. The molecule has 0 aliphatic carbocycles. The minimum absolute atomic E-state index is 0.105. The second kappa shape index (κ2) is 52.8. The Bertz CT molecular complexity index is 1560. The van der Waals surface area contributed by atoms with Gasteiger partial charge in [-0.25, -0.2) is 9.13 Å². The van der Waals surface area contributed by atoms with Crippen molar-refractivity contribution in [2.24, 2.45) is 11.8 Å². The predicted octanol–water partition coefficient (Wildman–Crippen LogP) is 16.1. The van der Waals surface area contributed by atoms with E-state index in [1.54, 1.807) is 0 Å². The third-order valence-corrected chi connectivity index (χ3v) is 15.6. The number of phosphoric acid groups is 2. The van der Waals surface area contributed by atoms with Gasteiger partial charge in [-0.15, -0.1) is 0 Å². The van der Waals surface area contributed by atoms with Gasteiger partial charge < -0.3 is 33.8 Å². The van der Waals surface area contributed by atoms with E-state index >= 15 is 0 Å². The molecular formula is C60H116O17P2. The lowest BCUT2D eigenvalue weighted by atomic mass is 10.0. The molecule has 0 aliphatic heterocycles. The predicted molar refractivity (Wildman–Crippen MR) is 312 cm³/mol. The molecule has 0 heterocycles. The topological polar surface area (TPSA) is 237 Å². The summed E-state index contributed by atoms with van der Waals surface area (Å²) in [6.45, 7) is 9.34. The van der Waals surface area contributed by atoms with E-state index in [0.717, 1.165) is 115 Å². The lowest BCUT2D eigenvalue weighted by Gasteiger charge is -2.21. The van der Waals surface area contributed by atoms with Crippen molar-refractivity contribution in [1.29, 1.82) is 0 Å². The first-order valence-corrected chi connectivity index (χ1v) is 34.5. The van der Waals surface area contributed by atoms with Crippen LogP contribution >= 0.6 is 15.6 Å². The van der Waals surface area contributed by atoms with Crippen molar-refractivity contribution in [2.75, 3.05) is 39.6 Å². The normalized spacial score (nSPS) is 14.4. The van der Waals surface area contributed by atoms with Crippen LogP contribution in [0.4, 0.5) is 0 Å². The van der Waals surface area contributed by atoms with Crippen LogP contribution < -0.4 is 0 Å². The highest BCUT2D eigenvalue weighted by Gasteiger charge is 2.30. The number of phosphoric ester groups is 2. The van der Waals surface area contributed by atoms with E-state index in [9.17, 15) is 43.2 Å². The molecular weight excluding hydrogens is 1050 g/mol. The summed E-state index contributed by atoms with van der Waals surface area (Å²) in [5.74, 6) is -0.689. The highest BCUT2D eigenvalue weighted by Crippen LogP contribution is 2.45. The molecule has 468 valence electrons. The maximum atomic E-state index is 12.9. The monoisotopic (exact) mass is 1170 g/mol. The molecule has 0 aromatic heterocycles. The summed E-state index contributed by atoms with van der Waals surface area (Å²) in [4.78, 5) is 71.8. The van der Waals surface area contributed by atoms with Gasteiger partial charge in [0.15, 0.2) is 12.2 Å². The van der Waals surface area contributed by atoms with E-state index in [2.05, 4.69) is 41.5 Å². The highest BCUT2D eigenvalue weighted by molar-refractivity contribution is 7.47. The fourth-order valence-corrected chi connectivity index (χ4v) is 10.4. The molecule has 17 nitrogen and oxygen atoms in total. The fraction of sp³-hybridized carbons (Fsp3) is 0.933. The van der Waals surface area contributed by atoms with E-state index in [0.29, 0.717) is 31.6 Å². The molecule has 0 saturated heterocycles. The average Bonchev–Trinajstić information content (AvgIpc) is 3.40. The van der Waals surface area contributed by atoms with Gasteiger partial charge in [0.1, 0.15) is 19.3 Å². The molecule has 0 spiro atoms. The van der Waals surface area contributed by atoms with Gasteiger partial charge in [0.2, 0.25) is 0 Å². The molecule has 5 atom stereocenters. The summed E-state index contributed by atoms with van der Waals surface area (Å²) in [5, 5.41) is 10.5. The molecule has 0 aromatic carbocycles. The van der Waals surface area contributed by atoms with E-state index in [-0.39, 0.29) is 25.7 Å². The Labute approximate surface area is 479 Å². The number of ether oxygens (including phenoxy) is 4. The molecule has 19 heteroatoms. The lowest BCUT2D eigenvalue weighted by molar-refractivity contribution is -0.161. The number of esters is 4. The van der Waals surface area contributed by atoms with Gasteiger partial charge >= 0.3 is 39.5 Å². The standard InChI is InChI=1S/C60H116O17P2/c1-7-9-11-13-15-18-25-32-38-44-59(64)76-55(48-70-57(62)42-36-30-22-14-12-10-8-2)50-74-78(66,67)72-46-54(61)47-73-79(68,69)75-51-56(49-71-58(63)43-37-31-27-21-24-29-35-41-53(5)6)77-60(65)45-39-33-26-20-17-16-19-23-28-34-40-52(3)4/h52-56,61H,7-51H2,1-6H3,(H,66,67)(H,68,69)/t54-,55+,56+/m0/s1. The summed E-state index contributed by atoms with van der Waals surface area (Å²) in [7, 11) is -9.87. The van der Waals surface area contributed by atoms with Crippen molar-refractivity contribution in [2.45, 2.75) is 310 Å². The summed E-state index contributed by atoms with van der Waals surface area (Å²) in [6, 6.07) is 0. The number of rotatable bonds is 59. The zero-order valence-corrected chi connectivity index (χ0v) is 52.4. The van der Waals surface area contributed by atoms with Gasteiger partial charge in [0.25, 0.3) is 0 Å². The third-order valence-electron chi connectivity index (χ3n) is 13.7. The van der Waals surface area contributed by atoms with Crippen molar-refractivity contribution in [1.82, 2.24) is 0 Å². The van der Waals surface area contributed by atoms with Gasteiger partial charge in [-0.3, -0.25) is 37.3 Å². The molecule has 0 rings (SSSR count). The van der Waals surface area contributed by atoms with Crippen LogP contribution in [0, 0.1) is 11.8 Å². The summed E-state index contributed by atoms with van der Waals surface area (Å²) in [6.07, 6.45) is 33.6. The van der Waals surface area contributed by atoms with E-state index in [4.69, 9.17) is 37.0 Å². The first-order valence-electron chi connectivity index (χ1n) is 31.5. The quantitative estimate of drug-likeness (QED) is 0.0222. The second-order valence-corrected chi connectivity index (χ2v) is 25.6. The fourth-order valence-electron chi connectivity index (χ4n) is 8.82. The minimum Gasteiger partial charge on any atom is -0.462 e. The van der Waals surface area contributed by atoms with Crippen LogP contribution in [0.25, 0.3) is 0 Å². The number of hydrogen-bond acceptors (Lipinski definition) is 15. The Morgan fingerprint density at radius 2 is 0.582 bits per heavy atom. The van der Waals surface area contributed by atoms with Crippen LogP contribution in [0.5, 0.6) is 0 Å². The first-order chi connectivity index (χ1) is 37.9. The molecule has 0 bridgehead atoms. The van der Waals surface area contributed by atoms with Crippen LogP contribution in [0.1, 0.15) is 292 Å². The zero-order valence-electron chi connectivity index (χ0n) is 50.7. The average molecular weight is 1170 g/mol. The molecule has 0 amide bonds. The third kappa shape index (κ3) is 55.0. The van der Waals surface area contributed by atoms with Gasteiger partial charge in [-0.2, -0.15) is 0 Å². The van der Waals surface area contributed by atoms with Gasteiger partial charge in [-0.05, 0) is 37.5 Å². The summed E-state index contributed by atoms with van der Waals surface area (Å²) in [5.41, 5.74) is 0. The van der Waals surface area contributed by atoms with E-state index in [1.807, 2.05) is 0 Å². The number of hydrogen-bond donors (Lipinski definition) is 3. The van der Waals surface area contributed by atoms with E-state index in [1.165, 1.54) is 89.9 Å². The van der Waals surface area contributed by atoms with Gasteiger partial charge in [-0.1, -0.05) is 241 Å². The maximum Gasteiger partial charge on any atom is 0.472 e. The molecule has 0 aliphatic rings. The van der Waals surface area contributed by atoms with Crippen LogP contribution in [0.3, 0.4) is 0 Å². The van der Waals surface area contributed by atoms with Gasteiger partial charge in [0, 0.05) is 25.7 Å². The molecule has 0 saturated carbocycles. The number of carbonyl (C=O) groups excluding carboxylic acids is 4. The number of aliphatic hydroxyl groups is 1. The van der Waals surface area contributed by atoms with E-state index < -0.39 is 97.5 Å². The molecule has 0 aromatic rings. The Morgan fingerprint density at radius 1 is 0.342 bits per heavy atom. The highest BCUT2D eigenvalue weighted by atomic mass is 31.2. The number of carbonyl (C=O) groups is 4. The first kappa shape index (κ1) is 77.1. The maximum absolute atomic E-state index is 12.9.